The molecule has 1 N–H and O–H groups in total. The van der Waals surface area contributed by atoms with Crippen LogP contribution in [-0.2, 0) is 13.1 Å². The highest BCUT2D eigenvalue weighted by atomic mass is 16.5. The smallest absolute Gasteiger partial charge is 0.286 e. The minimum Gasteiger partial charge on any atom is -0.494 e. The van der Waals surface area contributed by atoms with Gasteiger partial charge in [0.25, 0.3) is 11.5 Å². The summed E-state index contributed by atoms with van der Waals surface area (Å²) in [5.74, 6) is 0.706. The van der Waals surface area contributed by atoms with Gasteiger partial charge in [-0.15, -0.1) is 10.2 Å². The summed E-state index contributed by atoms with van der Waals surface area (Å²) >= 11 is 0. The van der Waals surface area contributed by atoms with Crippen LogP contribution in [0.2, 0.25) is 0 Å². The summed E-state index contributed by atoms with van der Waals surface area (Å²) in [6.07, 6.45) is 6.00. The normalized spacial score (nSPS) is 12.6. The monoisotopic (exact) mass is 409 g/mol. The first-order chi connectivity index (χ1) is 14.7. The van der Waals surface area contributed by atoms with E-state index >= 15 is 0 Å². The topological polar surface area (TPSA) is 107 Å². The number of hydrogen-bond acceptors (Lipinski definition) is 7. The van der Waals surface area contributed by atoms with Crippen LogP contribution in [0.1, 0.15) is 23.8 Å². The molecule has 0 atom stereocenters. The van der Waals surface area contributed by atoms with Crippen molar-refractivity contribution in [2.45, 2.75) is 26.4 Å². The number of nitrogens with one attached hydrogen (secondary N) is 1. The van der Waals surface area contributed by atoms with Crippen molar-refractivity contribution in [2.75, 3.05) is 24.6 Å². The second-order valence-electron chi connectivity index (χ2n) is 6.79. The van der Waals surface area contributed by atoms with Gasteiger partial charge in [-0.2, -0.15) is 0 Å². The number of ether oxygens (including phenoxy) is 1. The maximum atomic E-state index is 12.8. The molecule has 1 aliphatic heterocycles. The number of anilines is 2. The number of amides is 1. The number of aryl methyl sites for hydroxylation is 1. The first-order valence-corrected chi connectivity index (χ1v) is 9.89. The Labute approximate surface area is 173 Å². The number of aromatic nitrogens is 5. The lowest BCUT2D eigenvalue weighted by molar-refractivity contribution is 0.0944. The van der Waals surface area contributed by atoms with Crippen molar-refractivity contribution >= 4 is 17.5 Å². The quantitative estimate of drug-likeness (QED) is 0.557. The molecule has 1 amide bonds. The average molecular weight is 409 g/mol. The van der Waals surface area contributed by atoms with Crippen molar-refractivity contribution in [3.8, 4) is 5.75 Å². The van der Waals surface area contributed by atoms with Crippen LogP contribution in [0.4, 0.5) is 11.6 Å². The van der Waals surface area contributed by atoms with Gasteiger partial charge in [0.1, 0.15) is 5.75 Å². The number of carbonyl (C=O) groups excluding carboxylic acids is 1. The molecule has 156 valence electrons. The average Bonchev–Trinajstić information content (AvgIpc) is 3.42. The van der Waals surface area contributed by atoms with E-state index in [4.69, 9.17) is 4.74 Å². The van der Waals surface area contributed by atoms with E-state index in [1.54, 1.807) is 12.5 Å². The second kappa shape index (κ2) is 8.76. The van der Waals surface area contributed by atoms with E-state index in [0.717, 1.165) is 18.0 Å². The van der Waals surface area contributed by atoms with Crippen LogP contribution in [-0.4, -0.2) is 49.9 Å². The molecule has 2 aromatic heterocycles. The van der Waals surface area contributed by atoms with Gasteiger partial charge < -0.3 is 19.5 Å². The van der Waals surface area contributed by atoms with Crippen molar-refractivity contribution in [1.29, 1.82) is 0 Å². The first kappa shape index (κ1) is 19.6. The Hall–Kier alpha value is -3.69. The predicted octanol–water partition coefficient (Wildman–Crippen LogP) is 1.21. The summed E-state index contributed by atoms with van der Waals surface area (Å²) in [5, 5.41) is 10.8. The van der Waals surface area contributed by atoms with Gasteiger partial charge in [-0.1, -0.05) is 0 Å². The van der Waals surface area contributed by atoms with E-state index in [1.807, 2.05) is 46.9 Å². The minimum absolute atomic E-state index is 0.185. The number of fused-ring (bicyclic) bond motifs is 1. The zero-order chi connectivity index (χ0) is 20.9. The first-order valence-electron chi connectivity index (χ1n) is 9.89. The van der Waals surface area contributed by atoms with Crippen molar-refractivity contribution < 1.29 is 9.53 Å². The van der Waals surface area contributed by atoms with Gasteiger partial charge in [-0.3, -0.25) is 14.2 Å². The Morgan fingerprint density at radius 2 is 2.03 bits per heavy atom. The zero-order valence-corrected chi connectivity index (χ0v) is 16.7. The van der Waals surface area contributed by atoms with Gasteiger partial charge in [0.15, 0.2) is 0 Å². The molecule has 4 rings (SSSR count). The molecule has 0 saturated carbocycles. The molecule has 3 aromatic rings. The lowest BCUT2D eigenvalue weighted by atomic mass is 10.3. The van der Waals surface area contributed by atoms with E-state index < -0.39 is 11.5 Å². The molecule has 0 spiro atoms. The summed E-state index contributed by atoms with van der Waals surface area (Å²) < 4.78 is 8.88. The van der Waals surface area contributed by atoms with Crippen LogP contribution in [0.15, 0.2) is 47.8 Å². The highest BCUT2D eigenvalue weighted by molar-refractivity contribution is 5.91. The van der Waals surface area contributed by atoms with Gasteiger partial charge in [0.05, 0.1) is 12.9 Å². The maximum absolute atomic E-state index is 12.8. The van der Waals surface area contributed by atoms with Crippen LogP contribution in [0.25, 0.3) is 0 Å². The van der Waals surface area contributed by atoms with Crippen LogP contribution in [0, 0.1) is 0 Å². The molecule has 3 heterocycles. The van der Waals surface area contributed by atoms with Gasteiger partial charge in [0, 0.05) is 44.3 Å². The molecular weight excluding hydrogens is 386 g/mol. The fourth-order valence-electron chi connectivity index (χ4n) is 3.35. The molecule has 0 aliphatic carbocycles. The van der Waals surface area contributed by atoms with Gasteiger partial charge in [0.2, 0.25) is 11.6 Å². The third-order valence-electron chi connectivity index (χ3n) is 4.83. The van der Waals surface area contributed by atoms with Crippen molar-refractivity contribution in [3.63, 3.8) is 0 Å². The molecule has 0 unspecified atom stereocenters. The number of hydrogen-bond donors (Lipinski definition) is 1. The largest absolute Gasteiger partial charge is 0.494 e. The van der Waals surface area contributed by atoms with Gasteiger partial charge >= 0.3 is 0 Å². The molecule has 30 heavy (non-hydrogen) atoms. The SMILES string of the molecule is CCOc1ccc(N2CCn3c2nnc(C(=O)NCCCn2ccnc2)c3=O)cc1. The fourth-order valence-corrected chi connectivity index (χ4v) is 3.35. The third kappa shape index (κ3) is 4.02. The van der Waals surface area contributed by atoms with E-state index in [2.05, 4.69) is 20.5 Å². The summed E-state index contributed by atoms with van der Waals surface area (Å²) in [7, 11) is 0. The number of carbonyl (C=O) groups is 1. The number of rotatable bonds is 8. The maximum Gasteiger partial charge on any atom is 0.286 e. The molecule has 0 radical (unpaired) electrons. The predicted molar refractivity (Wildman–Crippen MR) is 110 cm³/mol. The Morgan fingerprint density at radius 3 is 2.77 bits per heavy atom. The molecule has 10 heteroatoms. The highest BCUT2D eigenvalue weighted by Crippen LogP contribution is 2.28. The molecule has 0 saturated heterocycles. The Bertz CT molecular complexity index is 1060. The van der Waals surface area contributed by atoms with Crippen molar-refractivity contribution in [3.05, 3.63) is 59.0 Å². The summed E-state index contributed by atoms with van der Waals surface area (Å²) in [4.78, 5) is 31.1. The number of nitrogens with zero attached hydrogens (tertiary/aromatic N) is 6. The standard InChI is InChI=1S/C20H23N7O3/c1-2-30-16-6-4-15(5-7-16)26-12-13-27-19(29)17(23-24-20(26)27)18(28)22-8-3-10-25-11-9-21-14-25/h4-7,9,11,14H,2-3,8,10,12-13H2,1H3,(H,22,28). The van der Waals surface area contributed by atoms with Crippen LogP contribution in [0.3, 0.4) is 0 Å². The van der Waals surface area contributed by atoms with Crippen LogP contribution < -0.4 is 20.5 Å². The third-order valence-corrected chi connectivity index (χ3v) is 4.83. The van der Waals surface area contributed by atoms with Crippen molar-refractivity contribution in [2.24, 2.45) is 0 Å². The molecule has 1 aliphatic rings. The molecule has 0 fully saturated rings. The van der Waals surface area contributed by atoms with Crippen LogP contribution >= 0.6 is 0 Å². The van der Waals surface area contributed by atoms with Gasteiger partial charge in [-0.05, 0) is 37.6 Å². The van der Waals surface area contributed by atoms with Crippen molar-refractivity contribution in [1.82, 2.24) is 29.6 Å². The number of imidazole rings is 1. The molecule has 1 aromatic carbocycles. The lowest BCUT2D eigenvalue weighted by Gasteiger charge is -2.17. The summed E-state index contributed by atoms with van der Waals surface area (Å²) in [5.41, 5.74) is 0.269. The van der Waals surface area contributed by atoms with E-state index in [0.29, 0.717) is 38.6 Å². The van der Waals surface area contributed by atoms with Crippen LogP contribution in [0.5, 0.6) is 5.75 Å². The zero-order valence-electron chi connectivity index (χ0n) is 16.7. The number of benzene rings is 1. The fraction of sp³-hybridized carbons (Fsp3) is 0.350. The molecular formula is C20H23N7O3. The molecule has 0 bridgehead atoms. The second-order valence-corrected chi connectivity index (χ2v) is 6.79. The summed E-state index contributed by atoms with van der Waals surface area (Å²) in [6, 6.07) is 7.57. The Balaban J connectivity index is 1.43. The minimum atomic E-state index is -0.507. The highest BCUT2D eigenvalue weighted by Gasteiger charge is 2.27. The van der Waals surface area contributed by atoms with Gasteiger partial charge in [-0.25, -0.2) is 4.98 Å². The lowest BCUT2D eigenvalue weighted by Crippen LogP contribution is -2.35. The van der Waals surface area contributed by atoms with E-state index in [1.165, 1.54) is 4.57 Å². The van der Waals surface area contributed by atoms with E-state index in [-0.39, 0.29) is 5.69 Å². The Kier molecular flexibility index (Phi) is 5.73. The van der Waals surface area contributed by atoms with E-state index in [9.17, 15) is 9.59 Å². The summed E-state index contributed by atoms with van der Waals surface area (Å²) in [6.45, 7) is 4.71. The molecule has 10 nitrogen and oxygen atoms in total. The Morgan fingerprint density at radius 1 is 1.20 bits per heavy atom.